The Hall–Kier alpha value is -2.40. The third-order valence-corrected chi connectivity index (χ3v) is 7.33. The molecule has 0 spiro atoms. The van der Waals surface area contributed by atoms with Gasteiger partial charge in [-0.3, -0.25) is 14.4 Å². The van der Waals surface area contributed by atoms with Gasteiger partial charge in [0.25, 0.3) is 0 Å². The van der Waals surface area contributed by atoms with Crippen molar-refractivity contribution >= 4 is 17.3 Å². The Morgan fingerprint density at radius 2 is 1.74 bits per heavy atom. The number of benzene rings is 1. The fourth-order valence-electron chi connectivity index (χ4n) is 4.50. The zero-order chi connectivity index (χ0) is 24.9. The van der Waals surface area contributed by atoms with Crippen LogP contribution < -0.4 is 34.0 Å². The fourth-order valence-corrected chi connectivity index (χ4v) is 4.50. The molecular formula is C25H33IN2O6. The lowest BCUT2D eigenvalue weighted by Gasteiger charge is -2.32. The van der Waals surface area contributed by atoms with E-state index in [-0.39, 0.29) is 63.5 Å². The average Bonchev–Trinajstić information content (AvgIpc) is 3.05. The van der Waals surface area contributed by atoms with Crippen molar-refractivity contribution < 1.29 is 57.8 Å². The van der Waals surface area contributed by atoms with Crippen LogP contribution in [0.1, 0.15) is 56.1 Å². The van der Waals surface area contributed by atoms with Gasteiger partial charge in [-0.05, 0) is 41.5 Å². The van der Waals surface area contributed by atoms with Gasteiger partial charge in [0.05, 0.1) is 44.4 Å². The van der Waals surface area contributed by atoms with Crippen LogP contribution in [0.2, 0.25) is 0 Å². The number of allylic oxidation sites excluding steroid dienone is 4. The molecule has 0 bridgehead atoms. The number of phenols is 2. The molecule has 186 valence electrons. The third-order valence-electron chi connectivity index (χ3n) is 7.33. The number of hydrogen-bond acceptors (Lipinski definition) is 7. The zero-order valence-corrected chi connectivity index (χ0v) is 22.9. The molecule has 3 rings (SSSR count). The highest BCUT2D eigenvalue weighted by Gasteiger charge is 2.56. The van der Waals surface area contributed by atoms with Crippen LogP contribution in [0.25, 0.3) is 0 Å². The van der Waals surface area contributed by atoms with Crippen molar-refractivity contribution in [3.8, 4) is 17.2 Å². The monoisotopic (exact) mass is 584 g/mol. The summed E-state index contributed by atoms with van der Waals surface area (Å²) in [5.41, 5.74) is -0.992. The van der Waals surface area contributed by atoms with Gasteiger partial charge in [-0.2, -0.15) is 0 Å². The molecule has 1 atom stereocenters. The number of aromatic hydroxyl groups is 2. The standard InChI is InChI=1S/C25H32N2O6.HI/c1-8-27(7,9-2)11-10-26-14(4)18-16(29)12-17-25(6,24(18)32)20-22(31)13(3)21(30)19(15(5)28)23(20)33-17;/h12H,8-11H2,1-7H3,(H2-,26,28,29,30,31,32);1H. The summed E-state index contributed by atoms with van der Waals surface area (Å²) in [6.45, 7) is 13.6. The quantitative estimate of drug-likeness (QED) is 0.132. The number of halogens is 1. The highest BCUT2D eigenvalue weighted by atomic mass is 127. The molecule has 8 nitrogen and oxygen atoms in total. The number of rotatable bonds is 7. The summed E-state index contributed by atoms with van der Waals surface area (Å²) in [5, 5.41) is 24.5. The number of likely N-dealkylation sites (N-methyl/N-ethyl adjacent to an activating group) is 1. The number of carbonyl (C=O) groups excluding carboxylic acids is 3. The lowest BCUT2D eigenvalue weighted by atomic mass is 9.70. The number of ether oxygens (including phenoxy) is 1. The van der Waals surface area contributed by atoms with Gasteiger partial charge in [0, 0.05) is 17.3 Å². The first-order valence-electron chi connectivity index (χ1n) is 11.2. The van der Waals surface area contributed by atoms with Crippen LogP contribution in [-0.2, 0) is 15.0 Å². The molecule has 1 aliphatic carbocycles. The fraction of sp³-hybridized carbons (Fsp3) is 0.480. The second kappa shape index (κ2) is 9.69. The Morgan fingerprint density at radius 1 is 1.15 bits per heavy atom. The maximum absolute atomic E-state index is 13.7. The van der Waals surface area contributed by atoms with Crippen LogP contribution in [0.3, 0.4) is 0 Å². The molecule has 34 heavy (non-hydrogen) atoms. The molecule has 3 N–H and O–H groups in total. The summed E-state index contributed by atoms with van der Waals surface area (Å²) < 4.78 is 6.63. The van der Waals surface area contributed by atoms with Crippen molar-refractivity contribution in [3.05, 3.63) is 39.8 Å². The van der Waals surface area contributed by atoms with Crippen LogP contribution in [0.5, 0.6) is 17.2 Å². The van der Waals surface area contributed by atoms with Gasteiger partial charge in [-0.1, -0.05) is 0 Å². The summed E-state index contributed by atoms with van der Waals surface area (Å²) in [6, 6.07) is 0. The van der Waals surface area contributed by atoms with Gasteiger partial charge in [-0.15, -0.1) is 0 Å². The predicted molar refractivity (Wildman–Crippen MR) is 123 cm³/mol. The molecule has 0 aromatic heterocycles. The molecule has 0 amide bonds. The summed E-state index contributed by atoms with van der Waals surface area (Å²) in [5.74, 6) is -2.27. The van der Waals surface area contributed by atoms with E-state index in [4.69, 9.17) is 4.74 Å². The van der Waals surface area contributed by atoms with Crippen LogP contribution in [0, 0.1) is 6.92 Å². The first-order chi connectivity index (χ1) is 15.3. The summed E-state index contributed by atoms with van der Waals surface area (Å²) >= 11 is 0. The topological polar surface area (TPSA) is 113 Å². The summed E-state index contributed by atoms with van der Waals surface area (Å²) in [7, 11) is 2.15. The molecular weight excluding hydrogens is 551 g/mol. The number of ketones is 3. The predicted octanol–water partition coefficient (Wildman–Crippen LogP) is -0.351. The Bertz CT molecular complexity index is 1130. The van der Waals surface area contributed by atoms with Crippen molar-refractivity contribution in [1.82, 2.24) is 5.32 Å². The second-order valence-electron chi connectivity index (χ2n) is 9.29. The molecule has 1 heterocycles. The molecule has 1 unspecified atom stereocenters. The largest absolute Gasteiger partial charge is 1.00 e. The van der Waals surface area contributed by atoms with E-state index in [0.717, 1.165) is 24.1 Å². The van der Waals surface area contributed by atoms with Gasteiger partial charge in [0.1, 0.15) is 34.0 Å². The number of quaternary nitrogens is 1. The SMILES string of the molecule is CC[N+](C)(CC)CCN/C(C)=C1\C(=O)C=C2Oc3c(C(C)=O)c(O)c(C)c(O)c3C2(C)C1=O.[I-]. The molecule has 1 aromatic carbocycles. The highest BCUT2D eigenvalue weighted by molar-refractivity contribution is 6.31. The van der Waals surface area contributed by atoms with Gasteiger partial charge >= 0.3 is 0 Å². The van der Waals surface area contributed by atoms with Crippen LogP contribution in [-0.4, -0.2) is 65.3 Å². The van der Waals surface area contributed by atoms with E-state index in [1.165, 1.54) is 19.9 Å². The number of nitrogens with zero attached hydrogens (tertiary/aromatic N) is 1. The van der Waals surface area contributed by atoms with E-state index in [9.17, 15) is 24.6 Å². The number of Topliss-reactive ketones (excluding diaryl/α,β-unsaturated/α-hetero) is 2. The normalized spacial score (nSPS) is 20.6. The molecule has 1 aromatic rings. The number of carbonyl (C=O) groups is 3. The maximum atomic E-state index is 13.7. The van der Waals surface area contributed by atoms with Crippen LogP contribution in [0.15, 0.2) is 23.1 Å². The van der Waals surface area contributed by atoms with Gasteiger partial charge in [-0.25, -0.2) is 0 Å². The van der Waals surface area contributed by atoms with Crippen molar-refractivity contribution in [2.45, 2.75) is 47.0 Å². The van der Waals surface area contributed by atoms with Crippen molar-refractivity contribution in [3.63, 3.8) is 0 Å². The zero-order valence-electron chi connectivity index (χ0n) is 20.8. The minimum Gasteiger partial charge on any atom is -1.00 e. The van der Waals surface area contributed by atoms with E-state index in [1.807, 2.05) is 0 Å². The number of phenolic OH excluding ortho intramolecular Hbond substituents is 2. The Labute approximate surface area is 217 Å². The van der Waals surface area contributed by atoms with E-state index in [0.29, 0.717) is 12.2 Å². The second-order valence-corrected chi connectivity index (χ2v) is 9.29. The number of hydrogen-bond donors (Lipinski definition) is 3. The maximum Gasteiger partial charge on any atom is 0.194 e. The van der Waals surface area contributed by atoms with E-state index < -0.39 is 28.5 Å². The van der Waals surface area contributed by atoms with Gasteiger partial charge in [0.15, 0.2) is 17.3 Å². The Balaban J connectivity index is 0.00000408. The molecule has 0 saturated carbocycles. The first kappa shape index (κ1) is 27.8. The van der Waals surface area contributed by atoms with E-state index >= 15 is 0 Å². The van der Waals surface area contributed by atoms with Crippen molar-refractivity contribution in [1.29, 1.82) is 0 Å². The smallest absolute Gasteiger partial charge is 0.194 e. The van der Waals surface area contributed by atoms with Crippen LogP contribution >= 0.6 is 0 Å². The third kappa shape index (κ3) is 4.13. The highest BCUT2D eigenvalue weighted by Crippen LogP contribution is 2.57. The Morgan fingerprint density at radius 3 is 2.26 bits per heavy atom. The molecule has 0 saturated heterocycles. The lowest BCUT2D eigenvalue weighted by molar-refractivity contribution is -0.904. The summed E-state index contributed by atoms with van der Waals surface area (Å²) in [4.78, 5) is 38.9. The van der Waals surface area contributed by atoms with Gasteiger partial charge < -0.3 is 48.7 Å². The van der Waals surface area contributed by atoms with Crippen molar-refractivity contribution in [2.24, 2.45) is 0 Å². The van der Waals surface area contributed by atoms with E-state index in [1.54, 1.807) is 13.8 Å². The molecule has 2 aliphatic rings. The molecule has 9 heteroatoms. The first-order valence-corrected chi connectivity index (χ1v) is 11.2. The molecule has 0 radical (unpaired) electrons. The lowest BCUT2D eigenvalue weighted by Crippen LogP contribution is -3.00. The summed E-state index contributed by atoms with van der Waals surface area (Å²) in [6.07, 6.45) is 1.23. The number of fused-ring (bicyclic) bond motifs is 3. The number of nitrogens with one attached hydrogen (secondary N) is 1. The van der Waals surface area contributed by atoms with Crippen LogP contribution in [0.4, 0.5) is 0 Å². The minimum atomic E-state index is -1.49. The molecule has 1 aliphatic heterocycles. The van der Waals surface area contributed by atoms with E-state index in [2.05, 4.69) is 26.2 Å². The minimum absolute atomic E-state index is 0. The van der Waals surface area contributed by atoms with Gasteiger partial charge in [0.2, 0.25) is 0 Å². The van der Waals surface area contributed by atoms with Crippen molar-refractivity contribution in [2.75, 3.05) is 33.2 Å². The average molecular weight is 584 g/mol. The Kier molecular flexibility index (Phi) is 7.94. The molecule has 0 fully saturated rings.